The molecule has 0 aliphatic carbocycles. The maximum atomic E-state index is 13.1. The monoisotopic (exact) mass is 678 g/mol. The fourth-order valence-electron chi connectivity index (χ4n) is 4.52. The van der Waals surface area contributed by atoms with Crippen LogP contribution in [-0.2, 0) is 9.59 Å². The molecule has 12 heteroatoms. The minimum absolute atomic E-state index is 0.00126. The van der Waals surface area contributed by atoms with Crippen LogP contribution in [0.4, 0.5) is 22.7 Å². The molecule has 50 heavy (non-hydrogen) atoms. The molecule has 0 unspecified atom stereocenters. The van der Waals surface area contributed by atoms with Crippen molar-refractivity contribution in [3.05, 3.63) is 107 Å². The highest BCUT2D eigenvalue weighted by atomic mass is 16.4. The maximum absolute atomic E-state index is 13.1. The van der Waals surface area contributed by atoms with Crippen LogP contribution in [0, 0.1) is 10.8 Å². The van der Waals surface area contributed by atoms with Crippen LogP contribution in [0.2, 0.25) is 0 Å². The predicted molar refractivity (Wildman–Crippen MR) is 191 cm³/mol. The Morgan fingerprint density at radius 1 is 0.480 bits per heavy atom. The fraction of sp³-hybridized carbons (Fsp3) is 0.211. The number of amides is 4. The summed E-state index contributed by atoms with van der Waals surface area (Å²) in [4.78, 5) is 75.5. The summed E-state index contributed by atoms with van der Waals surface area (Å²) in [6, 6.07) is 20.9. The van der Waals surface area contributed by atoms with Crippen molar-refractivity contribution in [3.63, 3.8) is 0 Å². The van der Waals surface area contributed by atoms with E-state index in [0.717, 1.165) is 0 Å². The number of benzene rings is 4. The Morgan fingerprint density at radius 2 is 0.840 bits per heavy atom. The number of carbonyl (C=O) groups excluding carboxylic acids is 4. The summed E-state index contributed by atoms with van der Waals surface area (Å²) in [5.74, 6) is -4.37. The van der Waals surface area contributed by atoms with Gasteiger partial charge in [-0.3, -0.25) is 19.2 Å². The summed E-state index contributed by atoms with van der Waals surface area (Å²) in [6.07, 6.45) is 0. The minimum atomic E-state index is -1.34. The molecule has 0 atom stereocenters. The summed E-state index contributed by atoms with van der Waals surface area (Å²) < 4.78 is 0. The first-order chi connectivity index (χ1) is 23.3. The third-order valence-corrected chi connectivity index (χ3v) is 7.46. The number of nitrogens with one attached hydrogen (secondary N) is 4. The van der Waals surface area contributed by atoms with E-state index >= 15 is 0 Å². The standard InChI is InChI=1S/C38H38N4O8/c1-37(2,3)35(49)39-25-11-7-9-23(17-25)31(43)41-29-15-13-21(19-27(29)33(45)46)22-14-16-30(28(20-22)34(47)48)42-32(44)24-10-8-12-26(18-24)40-36(50)38(4,5)6/h7-20H,1-6H3,(H,39,49)(H,40,50)(H,41,43)(H,42,44)(H,45,46)(H,47,48). The van der Waals surface area contributed by atoms with Gasteiger partial charge in [-0.1, -0.05) is 65.8 Å². The summed E-state index contributed by atoms with van der Waals surface area (Å²) in [6.45, 7) is 10.5. The molecule has 0 saturated carbocycles. The molecule has 0 bridgehead atoms. The zero-order valence-corrected chi connectivity index (χ0v) is 28.4. The minimum Gasteiger partial charge on any atom is -0.478 e. The van der Waals surface area contributed by atoms with Crippen molar-refractivity contribution in [3.8, 4) is 11.1 Å². The van der Waals surface area contributed by atoms with Gasteiger partial charge < -0.3 is 31.5 Å². The third kappa shape index (κ3) is 8.98. The molecule has 0 fully saturated rings. The summed E-state index contributed by atoms with van der Waals surface area (Å²) in [5, 5.41) is 30.7. The number of carboxylic acids is 2. The number of aromatic carboxylic acids is 2. The van der Waals surface area contributed by atoms with Gasteiger partial charge in [-0.25, -0.2) is 9.59 Å². The van der Waals surface area contributed by atoms with E-state index in [1.807, 2.05) is 0 Å². The molecule has 0 aromatic heterocycles. The molecule has 4 rings (SSSR count). The largest absolute Gasteiger partial charge is 0.478 e. The van der Waals surface area contributed by atoms with Gasteiger partial charge in [-0.05, 0) is 71.8 Å². The van der Waals surface area contributed by atoms with Crippen molar-refractivity contribution in [2.45, 2.75) is 41.5 Å². The van der Waals surface area contributed by atoms with Gasteiger partial charge in [0.2, 0.25) is 11.8 Å². The number of carboxylic acid groups (broad SMARTS) is 2. The smallest absolute Gasteiger partial charge is 0.337 e. The Bertz CT molecular complexity index is 1880. The van der Waals surface area contributed by atoms with E-state index in [-0.39, 0.29) is 45.4 Å². The highest BCUT2D eigenvalue weighted by Crippen LogP contribution is 2.30. The van der Waals surface area contributed by atoms with E-state index in [1.54, 1.807) is 65.8 Å². The lowest BCUT2D eigenvalue weighted by molar-refractivity contribution is -0.123. The number of hydrogen-bond acceptors (Lipinski definition) is 6. The van der Waals surface area contributed by atoms with Crippen LogP contribution in [0.3, 0.4) is 0 Å². The van der Waals surface area contributed by atoms with Gasteiger partial charge >= 0.3 is 11.9 Å². The van der Waals surface area contributed by atoms with Gasteiger partial charge in [-0.15, -0.1) is 0 Å². The fourth-order valence-corrected chi connectivity index (χ4v) is 4.52. The van der Waals surface area contributed by atoms with Crippen molar-refractivity contribution in [1.82, 2.24) is 0 Å². The lowest BCUT2D eigenvalue weighted by atomic mass is 9.95. The highest BCUT2D eigenvalue weighted by Gasteiger charge is 2.23. The Labute approximate surface area is 288 Å². The number of carbonyl (C=O) groups is 6. The quantitative estimate of drug-likeness (QED) is 0.107. The number of anilines is 4. The van der Waals surface area contributed by atoms with Gasteiger partial charge in [0, 0.05) is 33.3 Å². The van der Waals surface area contributed by atoms with Crippen LogP contribution in [-0.4, -0.2) is 45.8 Å². The van der Waals surface area contributed by atoms with Crippen molar-refractivity contribution >= 4 is 58.3 Å². The van der Waals surface area contributed by atoms with Gasteiger partial charge in [-0.2, -0.15) is 0 Å². The normalized spacial score (nSPS) is 11.2. The average Bonchev–Trinajstić information content (AvgIpc) is 3.04. The van der Waals surface area contributed by atoms with Crippen molar-refractivity contribution < 1.29 is 39.0 Å². The van der Waals surface area contributed by atoms with E-state index in [9.17, 15) is 39.0 Å². The van der Waals surface area contributed by atoms with E-state index in [2.05, 4.69) is 21.3 Å². The zero-order chi connectivity index (χ0) is 37.0. The molecular weight excluding hydrogens is 640 g/mol. The first-order valence-corrected chi connectivity index (χ1v) is 15.5. The van der Waals surface area contributed by atoms with Crippen LogP contribution < -0.4 is 21.3 Å². The van der Waals surface area contributed by atoms with Crippen molar-refractivity contribution in [2.24, 2.45) is 10.8 Å². The second-order valence-electron chi connectivity index (χ2n) is 13.6. The Kier molecular flexibility index (Phi) is 10.6. The predicted octanol–water partition coefficient (Wildman–Crippen LogP) is 7.22. The summed E-state index contributed by atoms with van der Waals surface area (Å²) in [5.41, 5.74) is 0.0377. The van der Waals surface area contributed by atoms with Crippen molar-refractivity contribution in [2.75, 3.05) is 21.3 Å². The third-order valence-electron chi connectivity index (χ3n) is 7.46. The summed E-state index contributed by atoms with van der Waals surface area (Å²) in [7, 11) is 0. The summed E-state index contributed by atoms with van der Waals surface area (Å²) >= 11 is 0. The highest BCUT2D eigenvalue weighted by molar-refractivity contribution is 6.10. The molecule has 0 aliphatic heterocycles. The van der Waals surface area contributed by atoms with Crippen LogP contribution in [0.25, 0.3) is 11.1 Å². The molecule has 12 nitrogen and oxygen atoms in total. The van der Waals surface area contributed by atoms with Crippen LogP contribution in [0.5, 0.6) is 0 Å². The van der Waals surface area contributed by atoms with E-state index in [1.165, 1.54) is 60.7 Å². The molecule has 0 radical (unpaired) electrons. The first kappa shape index (κ1) is 36.5. The average molecular weight is 679 g/mol. The molecule has 6 N–H and O–H groups in total. The molecule has 0 aliphatic rings. The molecule has 0 spiro atoms. The first-order valence-electron chi connectivity index (χ1n) is 15.5. The van der Waals surface area contributed by atoms with Gasteiger partial charge in [0.15, 0.2) is 0 Å². The van der Waals surface area contributed by atoms with E-state index in [0.29, 0.717) is 22.5 Å². The Morgan fingerprint density at radius 3 is 1.16 bits per heavy atom. The number of rotatable bonds is 9. The Hall–Kier alpha value is -6.30. The lowest BCUT2D eigenvalue weighted by Crippen LogP contribution is -2.27. The van der Waals surface area contributed by atoms with Crippen LogP contribution >= 0.6 is 0 Å². The van der Waals surface area contributed by atoms with Crippen molar-refractivity contribution in [1.29, 1.82) is 0 Å². The van der Waals surface area contributed by atoms with E-state index < -0.39 is 34.6 Å². The molecular formula is C38H38N4O8. The van der Waals surface area contributed by atoms with Gasteiger partial charge in [0.05, 0.1) is 22.5 Å². The molecule has 0 heterocycles. The lowest BCUT2D eigenvalue weighted by Gasteiger charge is -2.18. The molecule has 258 valence electrons. The molecule has 4 aromatic carbocycles. The second kappa shape index (κ2) is 14.4. The topological polar surface area (TPSA) is 191 Å². The zero-order valence-electron chi connectivity index (χ0n) is 28.4. The van der Waals surface area contributed by atoms with Gasteiger partial charge in [0.25, 0.3) is 11.8 Å². The van der Waals surface area contributed by atoms with Gasteiger partial charge in [0.1, 0.15) is 0 Å². The SMILES string of the molecule is CC(C)(C)C(=O)Nc1cccc(C(=O)Nc2ccc(-c3ccc(NC(=O)c4cccc(NC(=O)C(C)(C)C)c4)c(C(=O)O)c3)cc2C(=O)O)c1. The maximum Gasteiger partial charge on any atom is 0.337 e. The van der Waals surface area contributed by atoms with E-state index in [4.69, 9.17) is 0 Å². The Balaban J connectivity index is 1.56. The van der Waals surface area contributed by atoms with Crippen LogP contribution in [0.1, 0.15) is 83.0 Å². The molecule has 4 amide bonds. The number of hydrogen-bond donors (Lipinski definition) is 6. The second-order valence-corrected chi connectivity index (χ2v) is 13.6. The molecule has 4 aromatic rings. The van der Waals surface area contributed by atoms with Crippen LogP contribution in [0.15, 0.2) is 84.9 Å². The molecule has 0 saturated heterocycles.